The standard InChI is InChI=1S/C16H22Cl2N2O5S/c1-3-11(21)10-19-4-6-20(7-5-19)26(23,24)15-8-12(16(22)25-2)13(17)9-14(15)18/h8-9,11,21H,3-7,10H2,1-2H3. The van der Waals surface area contributed by atoms with Crippen molar-refractivity contribution in [2.45, 2.75) is 24.3 Å². The summed E-state index contributed by atoms with van der Waals surface area (Å²) in [6.45, 7) is 3.96. The van der Waals surface area contributed by atoms with Crippen LogP contribution in [0.4, 0.5) is 0 Å². The van der Waals surface area contributed by atoms with E-state index in [0.717, 1.165) is 6.07 Å². The summed E-state index contributed by atoms with van der Waals surface area (Å²) in [7, 11) is -2.70. The number of halogens is 2. The number of carbonyl (C=O) groups is 1. The van der Waals surface area contributed by atoms with E-state index in [4.69, 9.17) is 23.2 Å². The highest BCUT2D eigenvalue weighted by Crippen LogP contribution is 2.31. The van der Waals surface area contributed by atoms with Gasteiger partial charge < -0.3 is 9.84 Å². The van der Waals surface area contributed by atoms with E-state index in [9.17, 15) is 18.3 Å². The first-order valence-electron chi connectivity index (χ1n) is 8.18. The molecule has 0 amide bonds. The molecule has 0 radical (unpaired) electrons. The van der Waals surface area contributed by atoms with Gasteiger partial charge in [-0.2, -0.15) is 4.31 Å². The second kappa shape index (κ2) is 8.86. The van der Waals surface area contributed by atoms with E-state index in [0.29, 0.717) is 26.1 Å². The molecule has 0 aliphatic carbocycles. The molecule has 146 valence electrons. The number of piperazine rings is 1. The van der Waals surface area contributed by atoms with Gasteiger partial charge in [-0.05, 0) is 18.6 Å². The smallest absolute Gasteiger partial charge is 0.339 e. The molecule has 1 N–H and O–H groups in total. The predicted molar refractivity (Wildman–Crippen MR) is 99.3 cm³/mol. The third-order valence-electron chi connectivity index (χ3n) is 4.32. The van der Waals surface area contributed by atoms with Crippen molar-refractivity contribution in [2.24, 2.45) is 0 Å². The molecule has 0 spiro atoms. The maximum absolute atomic E-state index is 12.9. The molecule has 10 heteroatoms. The highest BCUT2D eigenvalue weighted by molar-refractivity contribution is 7.89. The molecule has 1 atom stereocenters. The number of hydrogen-bond donors (Lipinski definition) is 1. The number of aliphatic hydroxyl groups is 1. The molecule has 0 saturated carbocycles. The number of methoxy groups -OCH3 is 1. The van der Waals surface area contributed by atoms with E-state index in [2.05, 4.69) is 4.74 Å². The van der Waals surface area contributed by atoms with Crippen molar-refractivity contribution in [1.29, 1.82) is 0 Å². The van der Waals surface area contributed by atoms with Gasteiger partial charge in [0.25, 0.3) is 0 Å². The SMILES string of the molecule is CCC(O)CN1CCN(S(=O)(=O)c2cc(C(=O)OC)c(Cl)cc2Cl)CC1. The minimum absolute atomic E-state index is 0.0270. The lowest BCUT2D eigenvalue weighted by Gasteiger charge is -2.35. The molecule has 1 aliphatic heterocycles. The van der Waals surface area contributed by atoms with Crippen LogP contribution in [0.5, 0.6) is 0 Å². The first-order chi connectivity index (χ1) is 12.2. The summed E-state index contributed by atoms with van der Waals surface area (Å²) in [6, 6.07) is 2.38. The van der Waals surface area contributed by atoms with Gasteiger partial charge in [0.05, 0.1) is 28.8 Å². The van der Waals surface area contributed by atoms with Gasteiger partial charge >= 0.3 is 5.97 Å². The molecule has 1 heterocycles. The average Bonchev–Trinajstić information content (AvgIpc) is 2.61. The Balaban J connectivity index is 2.22. The fraction of sp³-hybridized carbons (Fsp3) is 0.562. The molecule has 1 saturated heterocycles. The zero-order valence-electron chi connectivity index (χ0n) is 14.6. The molecule has 26 heavy (non-hydrogen) atoms. The minimum Gasteiger partial charge on any atom is -0.465 e. The normalized spacial score (nSPS) is 17.9. The van der Waals surface area contributed by atoms with Crippen molar-refractivity contribution in [3.8, 4) is 0 Å². The first-order valence-corrected chi connectivity index (χ1v) is 10.4. The van der Waals surface area contributed by atoms with Gasteiger partial charge in [-0.3, -0.25) is 4.90 Å². The molecular weight excluding hydrogens is 403 g/mol. The number of rotatable bonds is 6. The van der Waals surface area contributed by atoms with E-state index >= 15 is 0 Å². The Morgan fingerprint density at radius 1 is 1.23 bits per heavy atom. The molecule has 0 aromatic heterocycles. The minimum atomic E-state index is -3.89. The van der Waals surface area contributed by atoms with Crippen molar-refractivity contribution < 1.29 is 23.1 Å². The predicted octanol–water partition coefficient (Wildman–Crippen LogP) is 1.86. The second-order valence-corrected chi connectivity index (χ2v) is 8.74. The molecule has 1 aliphatic rings. The first kappa shape index (κ1) is 21.4. The van der Waals surface area contributed by atoms with Crippen molar-refractivity contribution in [3.63, 3.8) is 0 Å². The number of β-amino-alcohol motifs (C(OH)–C–C–N with tert-alkyl or cyclic N) is 1. The van der Waals surface area contributed by atoms with Crippen LogP contribution in [0.15, 0.2) is 17.0 Å². The number of benzene rings is 1. The van der Waals surface area contributed by atoms with Gasteiger partial charge in [0.2, 0.25) is 10.0 Å². The summed E-state index contributed by atoms with van der Waals surface area (Å²) in [5, 5.41) is 9.71. The molecule has 1 aromatic carbocycles. The van der Waals surface area contributed by atoms with Gasteiger partial charge in [-0.15, -0.1) is 0 Å². The van der Waals surface area contributed by atoms with E-state index in [-0.39, 0.29) is 33.6 Å². The lowest BCUT2D eigenvalue weighted by atomic mass is 10.2. The van der Waals surface area contributed by atoms with Gasteiger partial charge in [-0.25, -0.2) is 13.2 Å². The van der Waals surface area contributed by atoms with Gasteiger partial charge in [0.1, 0.15) is 4.90 Å². The molecule has 1 aromatic rings. The van der Waals surface area contributed by atoms with Gasteiger partial charge in [0.15, 0.2) is 0 Å². The summed E-state index contributed by atoms with van der Waals surface area (Å²) >= 11 is 12.1. The molecule has 1 fully saturated rings. The maximum atomic E-state index is 12.9. The number of aliphatic hydroxyl groups excluding tert-OH is 1. The number of esters is 1. The Labute approximate surface area is 163 Å². The van der Waals surface area contributed by atoms with E-state index in [1.54, 1.807) is 0 Å². The Hall–Kier alpha value is -0.900. The van der Waals surface area contributed by atoms with Gasteiger partial charge in [0, 0.05) is 32.7 Å². The lowest BCUT2D eigenvalue weighted by Crippen LogP contribution is -2.50. The van der Waals surface area contributed by atoms with Crippen LogP contribution in [0.2, 0.25) is 10.0 Å². The average molecular weight is 425 g/mol. The van der Waals surface area contributed by atoms with E-state index < -0.39 is 22.1 Å². The zero-order chi connectivity index (χ0) is 19.5. The molecule has 0 bridgehead atoms. The number of hydrogen-bond acceptors (Lipinski definition) is 6. The summed E-state index contributed by atoms with van der Waals surface area (Å²) in [5.41, 5.74) is -0.0538. The molecular formula is C16H22Cl2N2O5S. The Morgan fingerprint density at radius 3 is 2.38 bits per heavy atom. The van der Waals surface area contributed by atoms with Crippen molar-refractivity contribution in [1.82, 2.24) is 9.21 Å². The molecule has 7 nitrogen and oxygen atoms in total. The zero-order valence-corrected chi connectivity index (χ0v) is 16.9. The fourth-order valence-corrected chi connectivity index (χ4v) is 4.96. The number of ether oxygens (including phenoxy) is 1. The van der Waals surface area contributed by atoms with Crippen LogP contribution in [0.25, 0.3) is 0 Å². The number of nitrogens with zero attached hydrogens (tertiary/aromatic N) is 2. The van der Waals surface area contributed by atoms with E-state index in [1.807, 2.05) is 11.8 Å². The largest absolute Gasteiger partial charge is 0.465 e. The van der Waals surface area contributed by atoms with Crippen LogP contribution < -0.4 is 0 Å². The Bertz CT molecular complexity index is 764. The monoisotopic (exact) mass is 424 g/mol. The Morgan fingerprint density at radius 2 is 1.85 bits per heavy atom. The maximum Gasteiger partial charge on any atom is 0.339 e. The van der Waals surface area contributed by atoms with Crippen LogP contribution in [-0.4, -0.2) is 74.6 Å². The van der Waals surface area contributed by atoms with Crippen molar-refractivity contribution in [3.05, 3.63) is 27.7 Å². The second-order valence-electron chi connectivity index (χ2n) is 6.02. The van der Waals surface area contributed by atoms with Crippen molar-refractivity contribution in [2.75, 3.05) is 39.8 Å². The van der Waals surface area contributed by atoms with Gasteiger partial charge in [-0.1, -0.05) is 30.1 Å². The van der Waals surface area contributed by atoms with Crippen molar-refractivity contribution >= 4 is 39.2 Å². The topological polar surface area (TPSA) is 87.2 Å². The lowest BCUT2D eigenvalue weighted by molar-refractivity contribution is 0.0600. The molecule has 1 unspecified atom stereocenters. The summed E-state index contributed by atoms with van der Waals surface area (Å²) in [5.74, 6) is -0.735. The van der Waals surface area contributed by atoms with Crippen LogP contribution >= 0.6 is 23.2 Å². The van der Waals surface area contributed by atoms with Crippen LogP contribution in [-0.2, 0) is 14.8 Å². The third kappa shape index (κ3) is 4.68. The number of sulfonamides is 1. The fourth-order valence-electron chi connectivity index (χ4n) is 2.71. The van der Waals surface area contributed by atoms with E-state index in [1.165, 1.54) is 17.5 Å². The third-order valence-corrected chi connectivity index (χ3v) is 6.99. The van der Waals surface area contributed by atoms with Crippen LogP contribution in [0.1, 0.15) is 23.7 Å². The molecule has 2 rings (SSSR count). The quantitative estimate of drug-likeness (QED) is 0.701. The summed E-state index contributed by atoms with van der Waals surface area (Å²) in [4.78, 5) is 13.6. The Kier molecular flexibility index (Phi) is 7.29. The van der Waals surface area contributed by atoms with Crippen LogP contribution in [0, 0.1) is 0 Å². The highest BCUT2D eigenvalue weighted by atomic mass is 35.5. The highest BCUT2D eigenvalue weighted by Gasteiger charge is 2.32. The number of carbonyl (C=O) groups excluding carboxylic acids is 1. The summed E-state index contributed by atoms with van der Waals surface area (Å²) < 4.78 is 31.8. The summed E-state index contributed by atoms with van der Waals surface area (Å²) in [6.07, 6.45) is 0.223. The van der Waals surface area contributed by atoms with Crippen LogP contribution in [0.3, 0.4) is 0 Å².